The maximum Gasteiger partial charge on any atom is 0.158 e. The topological polar surface area (TPSA) is 21.6 Å². The lowest BCUT2D eigenvalue weighted by molar-refractivity contribution is 0.0853. The minimum Gasteiger partial charge on any atom is -0.387 e. The van der Waals surface area contributed by atoms with Gasteiger partial charge in [0.1, 0.15) is 0 Å². The molecule has 1 aliphatic rings. The van der Waals surface area contributed by atoms with Crippen LogP contribution in [0.15, 0.2) is 59.8 Å². The van der Waals surface area contributed by atoms with Crippen LogP contribution >= 0.6 is 0 Å². The first-order valence-corrected chi connectivity index (χ1v) is 6.18. The van der Waals surface area contributed by atoms with Crippen molar-refractivity contribution in [2.45, 2.75) is 19.4 Å². The van der Waals surface area contributed by atoms with Gasteiger partial charge in [-0.2, -0.15) is 0 Å². The van der Waals surface area contributed by atoms with Gasteiger partial charge in [0.05, 0.1) is 5.71 Å². The molecular weight excluding hydrogens is 222 g/mol. The molecule has 1 unspecified atom stereocenters. The number of aryl methyl sites for hydroxylation is 1. The Labute approximate surface area is 107 Å². The molecule has 0 bridgehead atoms. The predicted octanol–water partition coefficient (Wildman–Crippen LogP) is 3.86. The molecule has 0 saturated heterocycles. The Morgan fingerprint density at radius 3 is 2.50 bits per heavy atom. The monoisotopic (exact) mass is 237 g/mol. The smallest absolute Gasteiger partial charge is 0.158 e. The summed E-state index contributed by atoms with van der Waals surface area (Å²) in [5.41, 5.74) is 4.66. The largest absolute Gasteiger partial charge is 0.387 e. The number of rotatable bonds is 2. The van der Waals surface area contributed by atoms with Crippen LogP contribution in [0.25, 0.3) is 0 Å². The van der Waals surface area contributed by atoms with Crippen molar-refractivity contribution in [1.82, 2.24) is 0 Å². The third-order valence-electron chi connectivity index (χ3n) is 3.31. The SMILES string of the molecule is Cc1ccccc1C1CC(c2ccccc2)=NO1. The fourth-order valence-electron chi connectivity index (χ4n) is 2.29. The lowest BCUT2D eigenvalue weighted by Crippen LogP contribution is -2.02. The summed E-state index contributed by atoms with van der Waals surface area (Å²) < 4.78 is 0. The van der Waals surface area contributed by atoms with E-state index in [0.29, 0.717) is 0 Å². The molecule has 0 saturated carbocycles. The first-order chi connectivity index (χ1) is 8.84. The number of nitrogens with zero attached hydrogens (tertiary/aromatic N) is 1. The summed E-state index contributed by atoms with van der Waals surface area (Å²) >= 11 is 0. The molecule has 3 rings (SSSR count). The van der Waals surface area contributed by atoms with Gasteiger partial charge in [-0.25, -0.2) is 0 Å². The highest BCUT2D eigenvalue weighted by Gasteiger charge is 2.24. The van der Waals surface area contributed by atoms with Crippen LogP contribution in [0.2, 0.25) is 0 Å². The van der Waals surface area contributed by atoms with Gasteiger partial charge in [-0.1, -0.05) is 59.8 Å². The van der Waals surface area contributed by atoms with Crippen LogP contribution < -0.4 is 0 Å². The van der Waals surface area contributed by atoms with Gasteiger partial charge in [-0.15, -0.1) is 0 Å². The Morgan fingerprint density at radius 1 is 1.00 bits per heavy atom. The third-order valence-corrected chi connectivity index (χ3v) is 3.31. The van der Waals surface area contributed by atoms with Crippen LogP contribution in [-0.4, -0.2) is 5.71 Å². The average molecular weight is 237 g/mol. The van der Waals surface area contributed by atoms with Crippen molar-refractivity contribution in [3.05, 3.63) is 71.3 Å². The first kappa shape index (κ1) is 11.0. The second kappa shape index (κ2) is 4.65. The van der Waals surface area contributed by atoms with E-state index in [1.165, 1.54) is 11.1 Å². The summed E-state index contributed by atoms with van der Waals surface area (Å²) in [7, 11) is 0. The van der Waals surface area contributed by atoms with Crippen LogP contribution in [-0.2, 0) is 4.84 Å². The van der Waals surface area contributed by atoms with Crippen LogP contribution in [0.5, 0.6) is 0 Å². The van der Waals surface area contributed by atoms with Gasteiger partial charge in [0.15, 0.2) is 6.10 Å². The molecule has 0 N–H and O–H groups in total. The minimum atomic E-state index is 0.0569. The molecule has 2 heteroatoms. The lowest BCUT2D eigenvalue weighted by atomic mass is 9.97. The third kappa shape index (κ3) is 2.02. The highest BCUT2D eigenvalue weighted by Crippen LogP contribution is 2.31. The zero-order valence-corrected chi connectivity index (χ0v) is 10.3. The second-order valence-electron chi connectivity index (χ2n) is 4.56. The molecular formula is C16H15NO. The van der Waals surface area contributed by atoms with E-state index in [2.05, 4.69) is 36.3 Å². The van der Waals surface area contributed by atoms with Crippen LogP contribution in [0.3, 0.4) is 0 Å². The molecule has 2 aromatic rings. The molecule has 0 radical (unpaired) electrons. The fraction of sp³-hybridized carbons (Fsp3) is 0.188. The zero-order valence-electron chi connectivity index (χ0n) is 10.3. The highest BCUT2D eigenvalue weighted by atomic mass is 16.6. The molecule has 0 aliphatic carbocycles. The molecule has 18 heavy (non-hydrogen) atoms. The van der Waals surface area contributed by atoms with Crippen LogP contribution in [0.4, 0.5) is 0 Å². The van der Waals surface area contributed by atoms with Gasteiger partial charge in [0.25, 0.3) is 0 Å². The summed E-state index contributed by atoms with van der Waals surface area (Å²) in [6.07, 6.45) is 0.899. The van der Waals surface area contributed by atoms with Gasteiger partial charge in [-0.3, -0.25) is 0 Å². The highest BCUT2D eigenvalue weighted by molar-refractivity contribution is 6.01. The van der Waals surface area contributed by atoms with Gasteiger partial charge < -0.3 is 4.84 Å². The van der Waals surface area contributed by atoms with Crippen LogP contribution in [0, 0.1) is 6.92 Å². The maximum atomic E-state index is 5.57. The summed E-state index contributed by atoms with van der Waals surface area (Å²) in [4.78, 5) is 5.57. The molecule has 2 nitrogen and oxygen atoms in total. The Hall–Kier alpha value is -2.09. The quantitative estimate of drug-likeness (QED) is 0.777. The number of hydrogen-bond acceptors (Lipinski definition) is 2. The fourth-order valence-corrected chi connectivity index (χ4v) is 2.29. The van der Waals surface area contributed by atoms with E-state index >= 15 is 0 Å². The van der Waals surface area contributed by atoms with Crippen molar-refractivity contribution in [3.63, 3.8) is 0 Å². The second-order valence-corrected chi connectivity index (χ2v) is 4.56. The summed E-state index contributed by atoms with van der Waals surface area (Å²) in [5.74, 6) is 0. The zero-order chi connectivity index (χ0) is 12.4. The van der Waals surface area contributed by atoms with E-state index in [4.69, 9.17) is 4.84 Å². The Bertz CT molecular complexity index is 575. The van der Waals surface area contributed by atoms with Crippen molar-refractivity contribution in [1.29, 1.82) is 0 Å². The van der Waals surface area contributed by atoms with E-state index in [1.54, 1.807) is 0 Å². The van der Waals surface area contributed by atoms with Crippen molar-refractivity contribution in [3.8, 4) is 0 Å². The van der Waals surface area contributed by atoms with Crippen molar-refractivity contribution in [2.24, 2.45) is 5.16 Å². The molecule has 1 aliphatic heterocycles. The Kier molecular flexibility index (Phi) is 2.85. The number of benzene rings is 2. The number of hydrogen-bond donors (Lipinski definition) is 0. The number of oxime groups is 1. The van der Waals surface area contributed by atoms with E-state index in [9.17, 15) is 0 Å². The molecule has 1 atom stereocenters. The van der Waals surface area contributed by atoms with E-state index < -0.39 is 0 Å². The first-order valence-electron chi connectivity index (χ1n) is 6.18. The van der Waals surface area contributed by atoms with Gasteiger partial charge >= 0.3 is 0 Å². The van der Waals surface area contributed by atoms with Crippen molar-refractivity contribution in [2.75, 3.05) is 0 Å². The van der Waals surface area contributed by atoms with E-state index in [0.717, 1.165) is 17.7 Å². The normalized spacial score (nSPS) is 18.3. The van der Waals surface area contributed by atoms with E-state index in [1.807, 2.05) is 30.3 Å². The van der Waals surface area contributed by atoms with Crippen LogP contribution in [0.1, 0.15) is 29.2 Å². The summed E-state index contributed by atoms with van der Waals surface area (Å²) in [6, 6.07) is 18.5. The molecule has 0 spiro atoms. The van der Waals surface area contributed by atoms with Gasteiger partial charge in [-0.05, 0) is 23.6 Å². The molecule has 0 amide bonds. The molecule has 2 aromatic carbocycles. The minimum absolute atomic E-state index is 0.0569. The van der Waals surface area contributed by atoms with Gasteiger partial charge in [0.2, 0.25) is 0 Å². The summed E-state index contributed by atoms with van der Waals surface area (Å²) in [5, 5.41) is 4.22. The molecule has 90 valence electrons. The lowest BCUT2D eigenvalue weighted by Gasteiger charge is -2.11. The summed E-state index contributed by atoms with van der Waals surface area (Å²) in [6.45, 7) is 2.11. The molecule has 0 aromatic heterocycles. The van der Waals surface area contributed by atoms with Crippen molar-refractivity contribution >= 4 is 5.71 Å². The molecule has 1 heterocycles. The molecule has 0 fully saturated rings. The maximum absolute atomic E-state index is 5.57. The van der Waals surface area contributed by atoms with Gasteiger partial charge in [0, 0.05) is 6.42 Å². The Balaban J connectivity index is 1.81. The van der Waals surface area contributed by atoms with E-state index in [-0.39, 0.29) is 6.10 Å². The predicted molar refractivity (Wildman–Crippen MR) is 72.6 cm³/mol. The Morgan fingerprint density at radius 2 is 1.72 bits per heavy atom. The van der Waals surface area contributed by atoms with Crippen molar-refractivity contribution < 1.29 is 4.84 Å². The average Bonchev–Trinajstić information content (AvgIpc) is 2.90. The standard InChI is InChI=1S/C16H15NO/c1-12-7-5-6-10-14(12)16-11-15(17-18-16)13-8-3-2-4-9-13/h2-10,16H,11H2,1H3.